The lowest BCUT2D eigenvalue weighted by molar-refractivity contribution is -0.158. The van der Waals surface area contributed by atoms with Gasteiger partial charge in [-0.15, -0.1) is 0 Å². The Morgan fingerprint density at radius 1 is 1.22 bits per heavy atom. The Kier molecular flexibility index (Phi) is 7.52. The summed E-state index contributed by atoms with van der Waals surface area (Å²) in [7, 11) is 3.25. The summed E-state index contributed by atoms with van der Waals surface area (Å²) in [6.45, 7) is 9.27. The van der Waals surface area contributed by atoms with E-state index in [4.69, 9.17) is 23.9 Å². The van der Waals surface area contributed by atoms with Crippen molar-refractivity contribution in [3.63, 3.8) is 0 Å². The highest BCUT2D eigenvalue weighted by atomic mass is 32.2. The first-order chi connectivity index (χ1) is 15.0. The number of rotatable bonds is 5. The van der Waals surface area contributed by atoms with Crippen LogP contribution in [0.25, 0.3) is 0 Å². The number of thioether (sulfide) groups is 1. The molecule has 2 aliphatic heterocycles. The number of benzene rings is 1. The number of amidine groups is 1. The SMILES string of the molecule is COc1ccc(CO[C@H]2[C@H](C)[C@@H](C(C)=O)O[C@@H]3SC(N(C)C(=O)OC(C)(C)C)=N[C@H]23)cc1. The molecule has 3 rings (SSSR count). The summed E-state index contributed by atoms with van der Waals surface area (Å²) in [6.07, 6.45) is -1.43. The topological polar surface area (TPSA) is 86.7 Å². The first-order valence-corrected chi connectivity index (χ1v) is 11.5. The molecule has 1 amide bonds. The molecule has 9 heteroatoms. The molecule has 2 aliphatic rings. The standard InChI is InChI=1S/C23H32N2O6S/c1-13-18(14(2)26)30-20-17(19(13)29-12-15-8-10-16(28-7)11-9-15)24-21(32-20)25(6)22(27)31-23(3,4)5/h8-11,13,17-20H,12H2,1-7H3/t13-,17-,18+,19+,20-/m1/s1. The van der Waals surface area contributed by atoms with Gasteiger partial charge in [0.05, 0.1) is 19.8 Å². The summed E-state index contributed by atoms with van der Waals surface area (Å²) in [5.41, 5.74) is -0.0431. The number of fused-ring (bicyclic) bond motifs is 1. The first kappa shape index (κ1) is 24.5. The van der Waals surface area contributed by atoms with Crippen LogP contribution >= 0.6 is 11.8 Å². The number of aliphatic imine (C=N–C) groups is 1. The summed E-state index contributed by atoms with van der Waals surface area (Å²) in [5, 5.41) is 0.490. The third-order valence-electron chi connectivity index (χ3n) is 5.33. The van der Waals surface area contributed by atoms with Crippen LogP contribution in [0.3, 0.4) is 0 Å². The fraction of sp³-hybridized carbons (Fsp3) is 0.609. The van der Waals surface area contributed by atoms with Crippen LogP contribution in [0, 0.1) is 5.92 Å². The number of carbonyl (C=O) groups is 2. The molecule has 0 unspecified atom stereocenters. The molecule has 0 bridgehead atoms. The lowest BCUT2D eigenvalue weighted by Gasteiger charge is -2.40. The fourth-order valence-corrected chi connectivity index (χ4v) is 4.84. The molecule has 0 N–H and O–H groups in total. The second-order valence-electron chi connectivity index (χ2n) is 9.08. The summed E-state index contributed by atoms with van der Waals surface area (Å²) in [4.78, 5) is 30.9. The maximum atomic E-state index is 12.5. The van der Waals surface area contributed by atoms with Gasteiger partial charge in [0.25, 0.3) is 0 Å². The van der Waals surface area contributed by atoms with Crippen LogP contribution in [0.15, 0.2) is 29.3 Å². The lowest BCUT2D eigenvalue weighted by atomic mass is 9.88. The Balaban J connectivity index is 1.78. The van der Waals surface area contributed by atoms with Crippen LogP contribution in [-0.4, -0.2) is 65.4 Å². The van der Waals surface area contributed by atoms with Crippen molar-refractivity contribution < 1.29 is 28.5 Å². The van der Waals surface area contributed by atoms with Gasteiger partial charge in [-0.05, 0) is 45.4 Å². The Labute approximate surface area is 193 Å². The van der Waals surface area contributed by atoms with Gasteiger partial charge in [-0.2, -0.15) is 0 Å². The highest BCUT2D eigenvalue weighted by molar-refractivity contribution is 8.14. The van der Waals surface area contributed by atoms with Gasteiger partial charge in [0, 0.05) is 13.0 Å². The van der Waals surface area contributed by atoms with Gasteiger partial charge in [-0.1, -0.05) is 30.8 Å². The summed E-state index contributed by atoms with van der Waals surface area (Å²) in [6, 6.07) is 7.30. The number of carbonyl (C=O) groups excluding carboxylic acids is 2. The van der Waals surface area contributed by atoms with Crippen molar-refractivity contribution in [3.05, 3.63) is 29.8 Å². The third kappa shape index (κ3) is 5.63. The van der Waals surface area contributed by atoms with E-state index in [1.165, 1.54) is 23.6 Å². The predicted molar refractivity (Wildman–Crippen MR) is 123 cm³/mol. The molecule has 1 aromatic carbocycles. The van der Waals surface area contributed by atoms with Crippen molar-refractivity contribution >= 4 is 28.8 Å². The second-order valence-corrected chi connectivity index (χ2v) is 10.1. The molecule has 0 spiro atoms. The highest BCUT2D eigenvalue weighted by Gasteiger charge is 2.50. The van der Waals surface area contributed by atoms with E-state index in [9.17, 15) is 9.59 Å². The number of hydrogen-bond acceptors (Lipinski definition) is 8. The number of ketones is 1. The maximum absolute atomic E-state index is 12.5. The summed E-state index contributed by atoms with van der Waals surface area (Å²) >= 11 is 1.31. The molecule has 176 valence electrons. The quantitative estimate of drug-likeness (QED) is 0.654. The van der Waals surface area contributed by atoms with Crippen LogP contribution < -0.4 is 4.74 Å². The zero-order chi connectivity index (χ0) is 23.6. The predicted octanol–water partition coefficient (Wildman–Crippen LogP) is 3.87. The highest BCUT2D eigenvalue weighted by Crippen LogP contribution is 2.41. The second kappa shape index (κ2) is 9.80. The number of Topliss-reactive ketones (excluding diaryl/α,β-unsaturated/α-hetero) is 1. The van der Waals surface area contributed by atoms with Crippen molar-refractivity contribution in [1.82, 2.24) is 4.90 Å². The number of amides is 1. The molecule has 0 radical (unpaired) electrons. The van der Waals surface area contributed by atoms with Crippen LogP contribution in [0.2, 0.25) is 0 Å². The molecule has 0 saturated carbocycles. The minimum Gasteiger partial charge on any atom is -0.497 e. The monoisotopic (exact) mass is 464 g/mol. The maximum Gasteiger partial charge on any atom is 0.416 e. The van der Waals surface area contributed by atoms with E-state index < -0.39 is 23.2 Å². The largest absolute Gasteiger partial charge is 0.497 e. The lowest BCUT2D eigenvalue weighted by Crippen LogP contribution is -2.53. The molecule has 8 nitrogen and oxygen atoms in total. The smallest absolute Gasteiger partial charge is 0.416 e. The molecular formula is C23H32N2O6S. The Morgan fingerprint density at radius 3 is 2.44 bits per heavy atom. The van der Waals surface area contributed by atoms with E-state index in [0.29, 0.717) is 11.8 Å². The van der Waals surface area contributed by atoms with Crippen molar-refractivity contribution in [3.8, 4) is 5.75 Å². The van der Waals surface area contributed by atoms with Crippen LogP contribution in [0.1, 0.15) is 40.2 Å². The van der Waals surface area contributed by atoms with Crippen LogP contribution in [0.4, 0.5) is 4.79 Å². The van der Waals surface area contributed by atoms with E-state index in [1.54, 1.807) is 14.2 Å². The van der Waals surface area contributed by atoms with Gasteiger partial charge in [0.15, 0.2) is 11.0 Å². The first-order valence-electron chi connectivity index (χ1n) is 10.6. The zero-order valence-electron chi connectivity index (χ0n) is 19.7. The molecule has 0 aliphatic carbocycles. The number of nitrogens with zero attached hydrogens (tertiary/aromatic N) is 2. The molecule has 1 saturated heterocycles. The number of methoxy groups -OCH3 is 1. The van der Waals surface area contributed by atoms with Crippen LogP contribution in [0.5, 0.6) is 5.75 Å². The van der Waals surface area contributed by atoms with Crippen LogP contribution in [-0.2, 0) is 25.6 Å². The van der Waals surface area contributed by atoms with Gasteiger partial charge in [-0.25, -0.2) is 4.79 Å². The average Bonchev–Trinajstić information content (AvgIpc) is 3.15. The Bertz CT molecular complexity index is 866. The molecule has 5 atom stereocenters. The van der Waals surface area contributed by atoms with Gasteiger partial charge < -0.3 is 18.9 Å². The van der Waals surface area contributed by atoms with Crippen molar-refractivity contribution in [2.45, 2.75) is 70.5 Å². The fourth-order valence-electron chi connectivity index (χ4n) is 3.69. The van der Waals surface area contributed by atoms with Crippen molar-refractivity contribution in [2.24, 2.45) is 10.9 Å². The number of ether oxygens (including phenoxy) is 4. The van der Waals surface area contributed by atoms with Crippen molar-refractivity contribution in [1.29, 1.82) is 0 Å². The molecule has 0 aromatic heterocycles. The Morgan fingerprint density at radius 2 is 1.88 bits per heavy atom. The van der Waals surface area contributed by atoms with Gasteiger partial charge in [-0.3, -0.25) is 14.7 Å². The van der Waals surface area contributed by atoms with Gasteiger partial charge in [0.2, 0.25) is 0 Å². The van der Waals surface area contributed by atoms with E-state index >= 15 is 0 Å². The van der Waals surface area contributed by atoms with E-state index in [-0.39, 0.29) is 23.8 Å². The molecule has 1 fully saturated rings. The molecule has 2 heterocycles. The summed E-state index contributed by atoms with van der Waals surface area (Å²) < 4.78 is 23.0. The van der Waals surface area contributed by atoms with Crippen molar-refractivity contribution in [2.75, 3.05) is 14.2 Å². The van der Waals surface area contributed by atoms with E-state index in [1.807, 2.05) is 52.0 Å². The summed E-state index contributed by atoms with van der Waals surface area (Å²) in [5.74, 6) is 0.530. The zero-order valence-corrected chi connectivity index (χ0v) is 20.5. The molecular weight excluding hydrogens is 432 g/mol. The van der Waals surface area contributed by atoms with E-state index in [2.05, 4.69) is 0 Å². The molecule has 1 aromatic rings. The minimum atomic E-state index is -0.614. The normalized spacial score (nSPS) is 27.3. The van der Waals surface area contributed by atoms with E-state index in [0.717, 1.165) is 11.3 Å². The van der Waals surface area contributed by atoms with Gasteiger partial charge in [0.1, 0.15) is 28.9 Å². The Hall–Kier alpha value is -2.10. The minimum absolute atomic E-state index is 0.0523. The number of hydrogen-bond donors (Lipinski definition) is 0. The van der Waals surface area contributed by atoms with Gasteiger partial charge >= 0.3 is 6.09 Å². The molecule has 32 heavy (non-hydrogen) atoms. The average molecular weight is 465 g/mol. The third-order valence-corrected chi connectivity index (χ3v) is 6.54.